The summed E-state index contributed by atoms with van der Waals surface area (Å²) in [6.07, 6.45) is 4.78. The van der Waals surface area contributed by atoms with Crippen LogP contribution in [0.25, 0.3) is 0 Å². The van der Waals surface area contributed by atoms with Crippen molar-refractivity contribution in [2.24, 2.45) is 7.05 Å². The van der Waals surface area contributed by atoms with Gasteiger partial charge >= 0.3 is 0 Å². The lowest BCUT2D eigenvalue weighted by Gasteiger charge is -2.37. The van der Waals surface area contributed by atoms with Gasteiger partial charge in [0, 0.05) is 25.5 Å². The van der Waals surface area contributed by atoms with Crippen LogP contribution >= 0.6 is 11.6 Å². The molecule has 0 aliphatic heterocycles. The van der Waals surface area contributed by atoms with Crippen LogP contribution in [0.1, 0.15) is 25.7 Å². The molecule has 0 aromatic carbocycles. The Hall–Kier alpha value is -0.840. The molecule has 0 amide bonds. The van der Waals surface area contributed by atoms with Crippen LogP contribution in [0, 0.1) is 0 Å². The van der Waals surface area contributed by atoms with E-state index in [1.807, 2.05) is 7.05 Å². The number of anilines is 1. The van der Waals surface area contributed by atoms with Crippen molar-refractivity contribution in [1.29, 1.82) is 0 Å². The van der Waals surface area contributed by atoms with Gasteiger partial charge in [-0.25, -0.2) is 4.68 Å². The van der Waals surface area contributed by atoms with Crippen molar-refractivity contribution < 1.29 is 0 Å². The molecule has 1 heterocycles. The van der Waals surface area contributed by atoms with Crippen molar-refractivity contribution >= 4 is 17.5 Å². The highest BCUT2D eigenvalue weighted by Gasteiger charge is 2.27. The van der Waals surface area contributed by atoms with Crippen LogP contribution in [0.5, 0.6) is 0 Å². The molecular formula is C9H16ClN5. The number of hydrogen-bond acceptors (Lipinski definition) is 4. The number of nitrogens with zero attached hydrogens (tertiary/aromatic N) is 5. The average molecular weight is 230 g/mol. The van der Waals surface area contributed by atoms with Crippen molar-refractivity contribution in [2.75, 3.05) is 17.3 Å². The number of halogens is 1. The highest BCUT2D eigenvalue weighted by molar-refractivity contribution is 6.17. The first-order valence-electron chi connectivity index (χ1n) is 5.38. The quantitative estimate of drug-likeness (QED) is 0.712. The summed E-state index contributed by atoms with van der Waals surface area (Å²) < 4.78 is 1.73. The van der Waals surface area contributed by atoms with Crippen molar-refractivity contribution in [2.45, 2.75) is 31.7 Å². The lowest BCUT2D eigenvalue weighted by Crippen LogP contribution is -2.42. The second-order valence-electron chi connectivity index (χ2n) is 3.92. The van der Waals surface area contributed by atoms with Gasteiger partial charge in [-0.2, -0.15) is 0 Å². The molecule has 0 unspecified atom stereocenters. The van der Waals surface area contributed by atoms with E-state index >= 15 is 0 Å². The van der Waals surface area contributed by atoms with Crippen molar-refractivity contribution in [3.05, 3.63) is 0 Å². The van der Waals surface area contributed by atoms with Gasteiger partial charge in [-0.15, -0.1) is 11.6 Å². The maximum atomic E-state index is 5.73. The summed E-state index contributed by atoms with van der Waals surface area (Å²) in [5, 5.41) is 11.6. The minimum absolute atomic E-state index is 0.609. The third kappa shape index (κ3) is 2.22. The molecule has 15 heavy (non-hydrogen) atoms. The average Bonchev–Trinajstić information content (AvgIpc) is 2.55. The van der Waals surface area contributed by atoms with Gasteiger partial charge in [-0.05, 0) is 36.1 Å². The molecule has 1 saturated carbocycles. The Bertz CT molecular complexity index is 309. The summed E-state index contributed by atoms with van der Waals surface area (Å²) in [5.74, 6) is 1.55. The van der Waals surface area contributed by atoms with E-state index in [1.165, 1.54) is 19.3 Å². The first-order chi connectivity index (χ1) is 7.33. The van der Waals surface area contributed by atoms with Gasteiger partial charge in [0.15, 0.2) is 0 Å². The summed E-state index contributed by atoms with van der Waals surface area (Å²) >= 11 is 5.73. The molecule has 0 saturated heterocycles. The number of aryl methyl sites for hydroxylation is 1. The molecule has 84 valence electrons. The number of aromatic nitrogens is 4. The van der Waals surface area contributed by atoms with E-state index in [0.717, 1.165) is 18.9 Å². The Morgan fingerprint density at radius 3 is 2.80 bits per heavy atom. The van der Waals surface area contributed by atoms with Gasteiger partial charge < -0.3 is 4.90 Å². The summed E-state index contributed by atoms with van der Waals surface area (Å²) in [6.45, 7) is 0.947. The fourth-order valence-corrected chi connectivity index (χ4v) is 1.96. The SMILES string of the molecule is Cn1nnnc1N(CCCCl)C1CCC1. The fraction of sp³-hybridized carbons (Fsp3) is 0.889. The Kier molecular flexibility index (Phi) is 3.41. The van der Waals surface area contributed by atoms with Crippen molar-refractivity contribution in [3.63, 3.8) is 0 Å². The highest BCUT2D eigenvalue weighted by atomic mass is 35.5. The van der Waals surface area contributed by atoms with E-state index in [9.17, 15) is 0 Å². The van der Waals surface area contributed by atoms with Crippen LogP contribution in [-0.4, -0.2) is 38.7 Å². The molecule has 0 bridgehead atoms. The zero-order valence-corrected chi connectivity index (χ0v) is 9.69. The molecule has 2 rings (SSSR count). The Balaban J connectivity index is 2.07. The number of hydrogen-bond donors (Lipinski definition) is 0. The van der Waals surface area contributed by atoms with E-state index in [-0.39, 0.29) is 0 Å². The first-order valence-corrected chi connectivity index (χ1v) is 5.91. The monoisotopic (exact) mass is 229 g/mol. The maximum Gasteiger partial charge on any atom is 0.245 e. The Labute approximate surface area is 94.4 Å². The smallest absolute Gasteiger partial charge is 0.245 e. The molecule has 0 radical (unpaired) electrons. The molecule has 0 N–H and O–H groups in total. The van der Waals surface area contributed by atoms with Crippen LogP contribution in [0.4, 0.5) is 5.95 Å². The van der Waals surface area contributed by atoms with Gasteiger partial charge in [0.1, 0.15) is 0 Å². The van der Waals surface area contributed by atoms with Crippen LogP contribution in [0.15, 0.2) is 0 Å². The van der Waals surface area contributed by atoms with Crippen molar-refractivity contribution in [1.82, 2.24) is 20.2 Å². The van der Waals surface area contributed by atoms with Crippen LogP contribution < -0.4 is 4.90 Å². The molecule has 0 atom stereocenters. The largest absolute Gasteiger partial charge is 0.337 e. The number of tetrazole rings is 1. The van der Waals surface area contributed by atoms with E-state index in [2.05, 4.69) is 20.4 Å². The summed E-state index contributed by atoms with van der Waals surface area (Å²) in [4.78, 5) is 2.28. The molecule has 1 aromatic rings. The molecule has 6 heteroatoms. The number of rotatable bonds is 5. The second-order valence-corrected chi connectivity index (χ2v) is 4.30. The highest BCUT2D eigenvalue weighted by Crippen LogP contribution is 2.27. The predicted octanol–water partition coefficient (Wildman–Crippen LogP) is 1.20. The fourth-order valence-electron chi connectivity index (χ4n) is 1.84. The van der Waals surface area contributed by atoms with Gasteiger partial charge in [-0.1, -0.05) is 5.10 Å². The second kappa shape index (κ2) is 4.79. The Morgan fingerprint density at radius 2 is 2.33 bits per heavy atom. The molecule has 1 aliphatic carbocycles. The van der Waals surface area contributed by atoms with Crippen LogP contribution in [-0.2, 0) is 7.05 Å². The van der Waals surface area contributed by atoms with Crippen LogP contribution in [0.2, 0.25) is 0 Å². The predicted molar refractivity (Wildman–Crippen MR) is 59.1 cm³/mol. The van der Waals surface area contributed by atoms with Gasteiger partial charge in [-0.3, -0.25) is 0 Å². The molecule has 0 spiro atoms. The van der Waals surface area contributed by atoms with E-state index in [0.29, 0.717) is 11.9 Å². The lowest BCUT2D eigenvalue weighted by molar-refractivity contribution is 0.378. The summed E-state index contributed by atoms with van der Waals surface area (Å²) in [7, 11) is 1.88. The van der Waals surface area contributed by atoms with Gasteiger partial charge in [0.25, 0.3) is 0 Å². The topological polar surface area (TPSA) is 46.8 Å². The minimum atomic E-state index is 0.609. The lowest BCUT2D eigenvalue weighted by atomic mass is 9.91. The summed E-state index contributed by atoms with van der Waals surface area (Å²) in [5.41, 5.74) is 0. The zero-order chi connectivity index (χ0) is 10.7. The summed E-state index contributed by atoms with van der Waals surface area (Å²) in [6, 6.07) is 0.609. The number of alkyl halides is 1. The third-order valence-corrected chi connectivity index (χ3v) is 3.17. The molecule has 1 aromatic heterocycles. The van der Waals surface area contributed by atoms with Crippen LogP contribution in [0.3, 0.4) is 0 Å². The third-order valence-electron chi connectivity index (χ3n) is 2.90. The minimum Gasteiger partial charge on any atom is -0.337 e. The Morgan fingerprint density at radius 1 is 1.53 bits per heavy atom. The molecule has 1 aliphatic rings. The van der Waals surface area contributed by atoms with Gasteiger partial charge in [0.05, 0.1) is 0 Å². The first kappa shape index (κ1) is 10.7. The maximum absolute atomic E-state index is 5.73. The normalized spacial score (nSPS) is 16.4. The van der Waals surface area contributed by atoms with E-state index < -0.39 is 0 Å². The van der Waals surface area contributed by atoms with E-state index in [1.54, 1.807) is 4.68 Å². The van der Waals surface area contributed by atoms with Crippen molar-refractivity contribution in [3.8, 4) is 0 Å². The zero-order valence-electron chi connectivity index (χ0n) is 8.93. The van der Waals surface area contributed by atoms with E-state index in [4.69, 9.17) is 11.6 Å². The van der Waals surface area contributed by atoms with Gasteiger partial charge in [0.2, 0.25) is 5.95 Å². The molecular weight excluding hydrogens is 214 g/mol. The standard InChI is InChI=1S/C9H16ClN5/c1-14-9(11-12-13-14)15(7-3-6-10)8-4-2-5-8/h8H,2-7H2,1H3. The molecule has 1 fully saturated rings. The molecule has 5 nitrogen and oxygen atoms in total.